The molecule has 0 radical (unpaired) electrons. The first-order valence-corrected chi connectivity index (χ1v) is 7.73. The van der Waals surface area contributed by atoms with Gasteiger partial charge >= 0.3 is 0 Å². The highest BCUT2D eigenvalue weighted by molar-refractivity contribution is 7.16. The number of nitrogens with two attached hydrogens (primary N) is 1. The van der Waals surface area contributed by atoms with Crippen LogP contribution in [0.4, 0.5) is 10.7 Å². The highest BCUT2D eigenvalue weighted by atomic mass is 32.1. The predicted molar refractivity (Wildman–Crippen MR) is 84.3 cm³/mol. The summed E-state index contributed by atoms with van der Waals surface area (Å²) in [6, 6.07) is 9.51. The van der Waals surface area contributed by atoms with Gasteiger partial charge in [-0.2, -0.15) is 0 Å². The lowest BCUT2D eigenvalue weighted by atomic mass is 9.88. The monoisotopic (exact) mass is 286 g/mol. The first kappa shape index (κ1) is 13.2. The van der Waals surface area contributed by atoms with Crippen molar-refractivity contribution in [2.24, 2.45) is 5.92 Å². The van der Waals surface area contributed by atoms with Gasteiger partial charge in [0.05, 0.1) is 10.6 Å². The van der Waals surface area contributed by atoms with E-state index in [1.807, 2.05) is 30.3 Å². The molecule has 1 aliphatic carbocycles. The van der Waals surface area contributed by atoms with Gasteiger partial charge in [0.25, 0.3) is 5.91 Å². The van der Waals surface area contributed by atoms with E-state index >= 15 is 0 Å². The Morgan fingerprint density at radius 3 is 2.85 bits per heavy atom. The molecule has 1 aromatic carbocycles. The molecule has 0 bridgehead atoms. The van der Waals surface area contributed by atoms with E-state index in [9.17, 15) is 4.79 Å². The number of hydrogen-bond donors (Lipinski definition) is 2. The van der Waals surface area contributed by atoms with Crippen LogP contribution in [0, 0.1) is 5.92 Å². The number of carbonyl (C=O) groups is 1. The molecule has 0 aliphatic heterocycles. The number of nitrogen functional groups attached to an aromatic ring is 1. The molecule has 3 nitrogen and oxygen atoms in total. The Kier molecular flexibility index (Phi) is 3.49. The van der Waals surface area contributed by atoms with E-state index < -0.39 is 0 Å². The van der Waals surface area contributed by atoms with Crippen molar-refractivity contribution in [3.63, 3.8) is 0 Å². The smallest absolute Gasteiger partial charge is 0.258 e. The third kappa shape index (κ3) is 2.43. The molecule has 0 spiro atoms. The molecule has 4 heteroatoms. The number of fused-ring (bicyclic) bond motifs is 1. The highest BCUT2D eigenvalue weighted by Gasteiger charge is 2.26. The van der Waals surface area contributed by atoms with Crippen LogP contribution in [0.25, 0.3) is 0 Å². The highest BCUT2D eigenvalue weighted by Crippen LogP contribution is 2.38. The summed E-state index contributed by atoms with van der Waals surface area (Å²) in [5.74, 6) is 0.603. The summed E-state index contributed by atoms with van der Waals surface area (Å²) in [4.78, 5) is 13.8. The van der Waals surface area contributed by atoms with Crippen molar-refractivity contribution >= 4 is 27.9 Å². The van der Waals surface area contributed by atoms with Crippen molar-refractivity contribution in [3.05, 3.63) is 46.3 Å². The fourth-order valence-electron chi connectivity index (χ4n) is 2.74. The second-order valence-corrected chi connectivity index (χ2v) is 6.55. The normalized spacial score (nSPS) is 17.6. The number of para-hydroxylation sites is 1. The summed E-state index contributed by atoms with van der Waals surface area (Å²) >= 11 is 1.58. The zero-order valence-corrected chi connectivity index (χ0v) is 12.3. The molecule has 0 saturated heterocycles. The second kappa shape index (κ2) is 5.29. The third-order valence-electron chi connectivity index (χ3n) is 3.80. The number of nitrogens with one attached hydrogen (secondary N) is 1. The van der Waals surface area contributed by atoms with Crippen LogP contribution in [0.5, 0.6) is 0 Å². The molecule has 1 atom stereocenters. The van der Waals surface area contributed by atoms with Crippen molar-refractivity contribution in [2.45, 2.75) is 26.2 Å². The number of rotatable bonds is 2. The zero-order valence-electron chi connectivity index (χ0n) is 11.5. The van der Waals surface area contributed by atoms with Crippen LogP contribution >= 0.6 is 11.3 Å². The number of carbonyl (C=O) groups excluding carboxylic acids is 1. The Labute approximate surface area is 122 Å². The fraction of sp³-hybridized carbons (Fsp3) is 0.312. The molecule has 0 saturated carbocycles. The number of thiophene rings is 1. The zero-order chi connectivity index (χ0) is 14.1. The van der Waals surface area contributed by atoms with E-state index in [2.05, 4.69) is 12.2 Å². The van der Waals surface area contributed by atoms with Crippen LogP contribution in [0.3, 0.4) is 0 Å². The van der Waals surface area contributed by atoms with Crippen LogP contribution in [-0.4, -0.2) is 5.91 Å². The number of amides is 1. The lowest BCUT2D eigenvalue weighted by Crippen LogP contribution is -2.17. The molecule has 1 aliphatic rings. The molecule has 20 heavy (non-hydrogen) atoms. The van der Waals surface area contributed by atoms with E-state index in [-0.39, 0.29) is 5.91 Å². The summed E-state index contributed by atoms with van der Waals surface area (Å²) in [5.41, 5.74) is 8.75. The van der Waals surface area contributed by atoms with E-state index in [0.29, 0.717) is 16.5 Å². The first-order valence-electron chi connectivity index (χ1n) is 6.91. The van der Waals surface area contributed by atoms with Gasteiger partial charge in [-0.3, -0.25) is 4.79 Å². The van der Waals surface area contributed by atoms with Gasteiger partial charge in [-0.05, 0) is 42.9 Å². The minimum atomic E-state index is -0.0826. The van der Waals surface area contributed by atoms with Crippen LogP contribution in [-0.2, 0) is 12.8 Å². The van der Waals surface area contributed by atoms with Gasteiger partial charge in [0.1, 0.15) is 0 Å². The number of anilines is 2. The Hall–Kier alpha value is -1.81. The van der Waals surface area contributed by atoms with Crippen molar-refractivity contribution in [1.82, 2.24) is 0 Å². The Balaban J connectivity index is 1.89. The van der Waals surface area contributed by atoms with Crippen LogP contribution in [0.2, 0.25) is 0 Å². The van der Waals surface area contributed by atoms with Gasteiger partial charge in [-0.1, -0.05) is 25.1 Å². The molecule has 3 N–H and O–H groups in total. The quantitative estimate of drug-likeness (QED) is 0.884. The largest absolute Gasteiger partial charge is 0.390 e. The molecule has 1 heterocycles. The molecule has 0 unspecified atom stereocenters. The molecular formula is C16H18N2OS. The van der Waals surface area contributed by atoms with Crippen LogP contribution in [0.15, 0.2) is 30.3 Å². The van der Waals surface area contributed by atoms with Gasteiger partial charge in [-0.25, -0.2) is 0 Å². The summed E-state index contributed by atoms with van der Waals surface area (Å²) in [6.07, 6.45) is 3.14. The van der Waals surface area contributed by atoms with Gasteiger partial charge in [-0.15, -0.1) is 11.3 Å². The number of hydrogen-bond acceptors (Lipinski definition) is 3. The molecule has 2 aromatic rings. The fourth-order valence-corrected chi connectivity index (χ4v) is 4.01. The Bertz CT molecular complexity index is 633. The van der Waals surface area contributed by atoms with E-state index in [0.717, 1.165) is 24.9 Å². The van der Waals surface area contributed by atoms with Crippen molar-refractivity contribution in [2.75, 3.05) is 11.1 Å². The van der Waals surface area contributed by atoms with Gasteiger partial charge < -0.3 is 11.1 Å². The van der Waals surface area contributed by atoms with E-state index in [1.165, 1.54) is 10.4 Å². The number of benzene rings is 1. The van der Waals surface area contributed by atoms with Crippen LogP contribution in [0.1, 0.15) is 34.1 Å². The molecule has 0 fully saturated rings. The maximum absolute atomic E-state index is 12.5. The third-order valence-corrected chi connectivity index (χ3v) is 4.88. The molecule has 3 rings (SSSR count). The second-order valence-electron chi connectivity index (χ2n) is 5.41. The van der Waals surface area contributed by atoms with Crippen LogP contribution < -0.4 is 11.1 Å². The lowest BCUT2D eigenvalue weighted by Gasteiger charge is -2.18. The predicted octanol–water partition coefficient (Wildman–Crippen LogP) is 3.71. The van der Waals surface area contributed by atoms with Gasteiger partial charge in [0, 0.05) is 10.6 Å². The minimum absolute atomic E-state index is 0.0826. The summed E-state index contributed by atoms with van der Waals surface area (Å²) in [5, 5.41) is 3.58. The lowest BCUT2D eigenvalue weighted by molar-refractivity contribution is 0.102. The van der Waals surface area contributed by atoms with E-state index in [4.69, 9.17) is 5.73 Å². The van der Waals surface area contributed by atoms with Crippen molar-refractivity contribution < 1.29 is 4.79 Å². The Morgan fingerprint density at radius 1 is 1.35 bits per heavy atom. The summed E-state index contributed by atoms with van der Waals surface area (Å²) < 4.78 is 0. The molecule has 1 amide bonds. The van der Waals surface area contributed by atoms with Crippen molar-refractivity contribution in [1.29, 1.82) is 0 Å². The topological polar surface area (TPSA) is 55.1 Å². The SMILES string of the molecule is C[C@@H]1CCc2c(sc(N)c2C(=O)Nc2ccccc2)C1. The summed E-state index contributed by atoms with van der Waals surface area (Å²) in [7, 11) is 0. The molecule has 104 valence electrons. The molecule has 1 aromatic heterocycles. The maximum Gasteiger partial charge on any atom is 0.258 e. The standard InChI is InChI=1S/C16H18N2OS/c1-10-7-8-12-13(9-10)20-15(17)14(12)16(19)18-11-5-3-2-4-6-11/h2-6,10H,7-9,17H2,1H3,(H,18,19)/t10-/m1/s1. The summed E-state index contributed by atoms with van der Waals surface area (Å²) in [6.45, 7) is 2.25. The average Bonchev–Trinajstić information content (AvgIpc) is 2.74. The van der Waals surface area contributed by atoms with Gasteiger partial charge in [0.15, 0.2) is 0 Å². The maximum atomic E-state index is 12.5. The van der Waals surface area contributed by atoms with Crippen molar-refractivity contribution in [3.8, 4) is 0 Å². The van der Waals surface area contributed by atoms with E-state index in [1.54, 1.807) is 11.3 Å². The minimum Gasteiger partial charge on any atom is -0.390 e. The molecular weight excluding hydrogens is 268 g/mol. The van der Waals surface area contributed by atoms with Gasteiger partial charge in [0.2, 0.25) is 0 Å². The Morgan fingerprint density at radius 2 is 2.10 bits per heavy atom. The first-order chi connectivity index (χ1) is 9.65. The average molecular weight is 286 g/mol.